The molecule has 0 aromatic carbocycles. The van der Waals surface area contributed by atoms with E-state index in [0.29, 0.717) is 18.6 Å². The van der Waals surface area contributed by atoms with E-state index >= 15 is 0 Å². The van der Waals surface area contributed by atoms with Gasteiger partial charge < -0.3 is 9.64 Å². The average Bonchev–Trinajstić information content (AvgIpc) is 2.28. The van der Waals surface area contributed by atoms with Crippen molar-refractivity contribution in [1.82, 2.24) is 9.88 Å². The van der Waals surface area contributed by atoms with Gasteiger partial charge in [-0.05, 0) is 12.1 Å². The monoisotopic (exact) mass is 231 g/mol. The highest BCUT2D eigenvalue weighted by Crippen LogP contribution is 2.07. The van der Waals surface area contributed by atoms with Gasteiger partial charge >= 0.3 is 0 Å². The van der Waals surface area contributed by atoms with Crippen molar-refractivity contribution in [3.63, 3.8) is 0 Å². The van der Waals surface area contributed by atoms with Crippen molar-refractivity contribution in [2.45, 2.75) is 13.0 Å². The Morgan fingerprint density at radius 1 is 1.47 bits per heavy atom. The molecule has 0 saturated carbocycles. The van der Waals surface area contributed by atoms with E-state index in [0.717, 1.165) is 11.4 Å². The Kier molecular flexibility index (Phi) is 5.18. The normalized spacial score (nSPS) is 11.1. The van der Waals surface area contributed by atoms with Crippen molar-refractivity contribution >= 4 is 0 Å². The fourth-order valence-electron chi connectivity index (χ4n) is 1.48. The minimum absolute atomic E-state index is 0.493. The molecule has 90 valence electrons. The maximum Gasteiger partial charge on any atom is 0.0966 e. The van der Waals surface area contributed by atoms with Crippen molar-refractivity contribution in [1.29, 1.82) is 5.26 Å². The highest BCUT2D eigenvalue weighted by molar-refractivity contribution is 5.26. The molecule has 0 aliphatic heterocycles. The van der Waals surface area contributed by atoms with Crippen molar-refractivity contribution in [3.05, 3.63) is 41.4 Å². The second-order valence-corrected chi connectivity index (χ2v) is 3.96. The molecular formula is C13H17N3O. The predicted octanol–water partition coefficient (Wildman–Crippen LogP) is 1.74. The third kappa shape index (κ3) is 4.66. The van der Waals surface area contributed by atoms with Crippen LogP contribution in [-0.2, 0) is 17.8 Å². The molecule has 0 N–H and O–H groups in total. The number of nitriles is 1. The number of hydrogen-bond acceptors (Lipinski definition) is 4. The van der Waals surface area contributed by atoms with Gasteiger partial charge in [-0.15, -0.1) is 0 Å². The molecule has 0 radical (unpaired) electrons. The van der Waals surface area contributed by atoms with Gasteiger partial charge in [0.1, 0.15) is 0 Å². The molecule has 0 unspecified atom stereocenters. The third-order valence-corrected chi connectivity index (χ3v) is 2.09. The van der Waals surface area contributed by atoms with Crippen LogP contribution in [0.3, 0.4) is 0 Å². The molecule has 1 aromatic heterocycles. The minimum Gasteiger partial charge on any atom is -0.383 e. The molecule has 0 aliphatic carbocycles. The molecule has 1 aromatic rings. The standard InChI is InChI=1S/C13H17N3O/c1-16(2)9-11(8-14)7-12-5-4-6-13(15-12)10-17-3/h4-6,9H,7,10H2,1-3H3/b11-9-. The van der Waals surface area contributed by atoms with Crippen LogP contribution in [0.1, 0.15) is 11.4 Å². The van der Waals surface area contributed by atoms with Crippen molar-refractivity contribution in [2.75, 3.05) is 21.2 Å². The molecule has 0 fully saturated rings. The number of ether oxygens (including phenoxy) is 1. The van der Waals surface area contributed by atoms with Crippen LogP contribution >= 0.6 is 0 Å². The second-order valence-electron chi connectivity index (χ2n) is 3.96. The highest BCUT2D eigenvalue weighted by Gasteiger charge is 2.02. The molecule has 1 heterocycles. The van der Waals surface area contributed by atoms with E-state index in [9.17, 15) is 0 Å². The van der Waals surface area contributed by atoms with E-state index in [1.54, 1.807) is 7.11 Å². The van der Waals surface area contributed by atoms with Crippen molar-refractivity contribution in [3.8, 4) is 6.07 Å². The van der Waals surface area contributed by atoms with Crippen LogP contribution in [0, 0.1) is 11.3 Å². The summed E-state index contributed by atoms with van der Waals surface area (Å²) in [6, 6.07) is 7.94. The summed E-state index contributed by atoms with van der Waals surface area (Å²) in [5.74, 6) is 0. The molecule has 0 aliphatic rings. The summed E-state index contributed by atoms with van der Waals surface area (Å²) >= 11 is 0. The zero-order chi connectivity index (χ0) is 12.7. The Labute approximate surface area is 102 Å². The van der Waals surface area contributed by atoms with E-state index in [-0.39, 0.29) is 0 Å². The SMILES string of the molecule is COCc1cccc(C/C(C#N)=C/N(C)C)n1. The third-order valence-electron chi connectivity index (χ3n) is 2.09. The summed E-state index contributed by atoms with van der Waals surface area (Å²) in [6.07, 6.45) is 2.36. The summed E-state index contributed by atoms with van der Waals surface area (Å²) < 4.78 is 5.03. The first-order valence-corrected chi connectivity index (χ1v) is 5.36. The van der Waals surface area contributed by atoms with Crippen LogP contribution < -0.4 is 0 Å². The first-order valence-electron chi connectivity index (χ1n) is 5.36. The van der Waals surface area contributed by atoms with Gasteiger partial charge in [0.2, 0.25) is 0 Å². The van der Waals surface area contributed by atoms with Gasteiger partial charge in [0.15, 0.2) is 0 Å². The number of pyridine rings is 1. The van der Waals surface area contributed by atoms with Crippen LogP contribution in [-0.4, -0.2) is 31.1 Å². The van der Waals surface area contributed by atoms with E-state index < -0.39 is 0 Å². The fraction of sp³-hybridized carbons (Fsp3) is 0.385. The molecule has 17 heavy (non-hydrogen) atoms. The number of aromatic nitrogens is 1. The topological polar surface area (TPSA) is 49.1 Å². The van der Waals surface area contributed by atoms with Crippen LogP contribution in [0.4, 0.5) is 0 Å². The first-order chi connectivity index (χ1) is 8.15. The van der Waals surface area contributed by atoms with Gasteiger partial charge in [-0.25, -0.2) is 0 Å². The Balaban J connectivity index is 2.80. The predicted molar refractivity (Wildman–Crippen MR) is 66.0 cm³/mol. The van der Waals surface area contributed by atoms with Crippen molar-refractivity contribution in [2.24, 2.45) is 0 Å². The number of hydrogen-bond donors (Lipinski definition) is 0. The summed E-state index contributed by atoms with van der Waals surface area (Å²) in [4.78, 5) is 6.28. The molecule has 1 rings (SSSR count). The zero-order valence-corrected chi connectivity index (χ0v) is 10.5. The molecule has 0 bridgehead atoms. The Morgan fingerprint density at radius 3 is 2.76 bits per heavy atom. The highest BCUT2D eigenvalue weighted by atomic mass is 16.5. The number of allylic oxidation sites excluding steroid dienone is 1. The molecule has 4 heteroatoms. The average molecular weight is 231 g/mol. The molecular weight excluding hydrogens is 214 g/mol. The van der Waals surface area contributed by atoms with E-state index in [1.807, 2.05) is 43.4 Å². The molecule has 0 spiro atoms. The Morgan fingerprint density at radius 2 is 2.18 bits per heavy atom. The number of rotatable bonds is 5. The van der Waals surface area contributed by atoms with Crippen LogP contribution in [0.2, 0.25) is 0 Å². The largest absolute Gasteiger partial charge is 0.383 e. The minimum atomic E-state index is 0.493. The van der Waals surface area contributed by atoms with Gasteiger partial charge in [-0.3, -0.25) is 4.98 Å². The van der Waals surface area contributed by atoms with Crippen molar-refractivity contribution < 1.29 is 4.74 Å². The van der Waals surface area contributed by atoms with Gasteiger partial charge in [0.05, 0.1) is 23.9 Å². The maximum absolute atomic E-state index is 9.01. The Hall–Kier alpha value is -1.86. The van der Waals surface area contributed by atoms with Crippen LogP contribution in [0.15, 0.2) is 30.0 Å². The lowest BCUT2D eigenvalue weighted by Crippen LogP contribution is -2.04. The number of methoxy groups -OCH3 is 1. The summed E-state index contributed by atoms with van der Waals surface area (Å²) in [7, 11) is 5.43. The quantitative estimate of drug-likeness (QED) is 0.724. The smallest absolute Gasteiger partial charge is 0.0966 e. The number of nitrogens with zero attached hydrogens (tertiary/aromatic N) is 3. The molecule has 0 amide bonds. The van der Waals surface area contributed by atoms with E-state index in [1.165, 1.54) is 0 Å². The molecule has 4 nitrogen and oxygen atoms in total. The molecule has 0 saturated heterocycles. The maximum atomic E-state index is 9.01. The first kappa shape index (κ1) is 13.2. The fourth-order valence-corrected chi connectivity index (χ4v) is 1.48. The lowest BCUT2D eigenvalue weighted by Gasteiger charge is -2.07. The summed E-state index contributed by atoms with van der Waals surface area (Å²) in [5.41, 5.74) is 2.46. The van der Waals surface area contributed by atoms with Gasteiger partial charge in [-0.1, -0.05) is 6.07 Å². The van der Waals surface area contributed by atoms with Crippen LogP contribution in [0.25, 0.3) is 0 Å². The lowest BCUT2D eigenvalue weighted by molar-refractivity contribution is 0.181. The van der Waals surface area contributed by atoms with Gasteiger partial charge in [-0.2, -0.15) is 5.26 Å². The van der Waals surface area contributed by atoms with Gasteiger partial charge in [0.25, 0.3) is 0 Å². The van der Waals surface area contributed by atoms with E-state index in [4.69, 9.17) is 10.00 Å². The van der Waals surface area contributed by atoms with E-state index in [2.05, 4.69) is 11.1 Å². The molecule has 0 atom stereocenters. The van der Waals surface area contributed by atoms with Crippen LogP contribution in [0.5, 0.6) is 0 Å². The Bertz CT molecular complexity index is 433. The lowest BCUT2D eigenvalue weighted by atomic mass is 10.1. The second kappa shape index (κ2) is 6.66. The summed E-state index contributed by atoms with van der Waals surface area (Å²) in [5, 5.41) is 9.01. The van der Waals surface area contributed by atoms with Gasteiger partial charge in [0, 0.05) is 39.5 Å². The zero-order valence-electron chi connectivity index (χ0n) is 10.5. The summed E-state index contributed by atoms with van der Waals surface area (Å²) in [6.45, 7) is 0.493.